The molecule has 0 spiro atoms. The van der Waals surface area contributed by atoms with Crippen LogP contribution in [-0.4, -0.2) is 56.8 Å². The summed E-state index contributed by atoms with van der Waals surface area (Å²) in [6, 6.07) is 7.67. The Morgan fingerprint density at radius 3 is 3.09 bits per heavy atom. The third kappa shape index (κ3) is 5.81. The van der Waals surface area contributed by atoms with Crippen LogP contribution in [0.3, 0.4) is 0 Å². The topological polar surface area (TPSA) is 76.8 Å². The van der Waals surface area contributed by atoms with E-state index in [-0.39, 0.29) is 24.4 Å². The minimum atomic E-state index is 0. The van der Waals surface area contributed by atoms with E-state index in [1.165, 1.54) is 0 Å². The average molecular weight is 330 g/mol. The first-order chi connectivity index (χ1) is 10.2. The van der Waals surface area contributed by atoms with Crippen LogP contribution in [0.4, 0.5) is 0 Å². The zero-order valence-electron chi connectivity index (χ0n) is 12.8. The van der Waals surface area contributed by atoms with E-state index < -0.39 is 0 Å². The van der Waals surface area contributed by atoms with Gasteiger partial charge in [-0.2, -0.15) is 0 Å². The Labute approximate surface area is 137 Å². The molecule has 1 aliphatic heterocycles. The monoisotopic (exact) mass is 329 g/mol. The molecule has 3 N–H and O–H groups in total. The molecule has 1 aromatic rings. The zero-order valence-corrected chi connectivity index (χ0v) is 13.6. The number of amides is 1. The van der Waals surface area contributed by atoms with Crippen LogP contribution in [0.25, 0.3) is 0 Å². The lowest BCUT2D eigenvalue weighted by Gasteiger charge is -2.31. The van der Waals surface area contributed by atoms with E-state index in [1.807, 2.05) is 24.3 Å². The number of methoxy groups -OCH3 is 1. The molecule has 124 valence electrons. The quantitative estimate of drug-likeness (QED) is 0.789. The predicted molar refractivity (Wildman–Crippen MR) is 87.3 cm³/mol. The van der Waals surface area contributed by atoms with Gasteiger partial charge in [-0.05, 0) is 17.7 Å². The molecule has 6 nitrogen and oxygen atoms in total. The van der Waals surface area contributed by atoms with E-state index in [0.717, 1.165) is 17.9 Å². The van der Waals surface area contributed by atoms with Crippen LogP contribution in [0.15, 0.2) is 24.3 Å². The Morgan fingerprint density at radius 2 is 2.36 bits per heavy atom. The highest BCUT2D eigenvalue weighted by molar-refractivity contribution is 5.85. The van der Waals surface area contributed by atoms with Crippen LogP contribution >= 0.6 is 12.4 Å². The lowest BCUT2D eigenvalue weighted by Crippen LogP contribution is -2.48. The first-order valence-electron chi connectivity index (χ1n) is 7.15. The van der Waals surface area contributed by atoms with Gasteiger partial charge in [0.25, 0.3) is 0 Å². The van der Waals surface area contributed by atoms with Crippen molar-refractivity contribution in [1.29, 1.82) is 0 Å². The fourth-order valence-electron chi connectivity index (χ4n) is 2.31. The second-order valence-electron chi connectivity index (χ2n) is 5.09. The molecule has 1 heterocycles. The van der Waals surface area contributed by atoms with Gasteiger partial charge >= 0.3 is 0 Å². The van der Waals surface area contributed by atoms with E-state index in [4.69, 9.17) is 15.2 Å². The van der Waals surface area contributed by atoms with E-state index >= 15 is 0 Å². The molecule has 0 saturated carbocycles. The van der Waals surface area contributed by atoms with Gasteiger partial charge in [0.2, 0.25) is 5.91 Å². The van der Waals surface area contributed by atoms with Gasteiger partial charge < -0.3 is 20.5 Å². The highest BCUT2D eigenvalue weighted by atomic mass is 35.5. The Morgan fingerprint density at radius 1 is 1.55 bits per heavy atom. The summed E-state index contributed by atoms with van der Waals surface area (Å²) in [5, 5.41) is 2.92. The molecule has 0 radical (unpaired) electrons. The molecule has 22 heavy (non-hydrogen) atoms. The molecule has 0 bridgehead atoms. The summed E-state index contributed by atoms with van der Waals surface area (Å²) in [5.74, 6) is 0.802. The number of hydrogen-bond acceptors (Lipinski definition) is 5. The third-order valence-corrected chi connectivity index (χ3v) is 3.48. The summed E-state index contributed by atoms with van der Waals surface area (Å²) in [6.07, 6.45) is 0.0323. The van der Waals surface area contributed by atoms with Crippen molar-refractivity contribution in [3.05, 3.63) is 29.8 Å². The molecule has 0 aromatic heterocycles. The minimum Gasteiger partial charge on any atom is -0.497 e. The number of rotatable bonds is 6. The number of carbonyl (C=O) groups is 1. The Bertz CT molecular complexity index is 473. The molecule has 1 amide bonds. The molecule has 2 rings (SSSR count). The standard InChI is InChI=1S/C15H23N3O3.ClH/c1-20-13-4-2-3-12(7-13)9-17-15(19)11-18-5-6-21-14(8-16)10-18;/h2-4,7,14H,5-6,8-11,16H2,1H3,(H,17,19);1H. The second kappa shape index (κ2) is 9.63. The maximum Gasteiger partial charge on any atom is 0.234 e. The number of carbonyl (C=O) groups excluding carboxylic acids is 1. The summed E-state index contributed by atoms with van der Waals surface area (Å²) in [6.45, 7) is 3.48. The third-order valence-electron chi connectivity index (χ3n) is 3.48. The van der Waals surface area contributed by atoms with Crippen LogP contribution in [0.5, 0.6) is 5.75 Å². The fourth-order valence-corrected chi connectivity index (χ4v) is 2.31. The average Bonchev–Trinajstić information content (AvgIpc) is 2.53. The first kappa shape index (κ1) is 18.7. The van der Waals surface area contributed by atoms with Gasteiger partial charge in [-0.25, -0.2) is 0 Å². The van der Waals surface area contributed by atoms with E-state index in [2.05, 4.69) is 10.2 Å². The molecular formula is C15H24ClN3O3. The number of nitrogens with zero attached hydrogens (tertiary/aromatic N) is 1. The van der Waals surface area contributed by atoms with Crippen LogP contribution in [0.2, 0.25) is 0 Å². The summed E-state index contributed by atoms with van der Waals surface area (Å²) in [5.41, 5.74) is 6.61. The zero-order chi connectivity index (χ0) is 15.1. The van der Waals surface area contributed by atoms with Crippen LogP contribution in [0.1, 0.15) is 5.56 Å². The van der Waals surface area contributed by atoms with Gasteiger partial charge in [0, 0.05) is 26.2 Å². The van der Waals surface area contributed by atoms with Crippen molar-refractivity contribution >= 4 is 18.3 Å². The first-order valence-corrected chi connectivity index (χ1v) is 7.15. The van der Waals surface area contributed by atoms with Crippen LogP contribution < -0.4 is 15.8 Å². The van der Waals surface area contributed by atoms with E-state index in [1.54, 1.807) is 7.11 Å². The SMILES string of the molecule is COc1cccc(CNC(=O)CN2CCOC(CN)C2)c1.Cl. The molecule has 1 aromatic carbocycles. The van der Waals surface area contributed by atoms with Gasteiger partial charge in [0.1, 0.15) is 5.75 Å². The van der Waals surface area contributed by atoms with Gasteiger partial charge in [-0.15, -0.1) is 12.4 Å². The Balaban J connectivity index is 0.00000242. The number of nitrogens with one attached hydrogen (secondary N) is 1. The molecule has 1 unspecified atom stereocenters. The normalized spacial score (nSPS) is 18.4. The molecular weight excluding hydrogens is 306 g/mol. The summed E-state index contributed by atoms with van der Waals surface area (Å²) >= 11 is 0. The second-order valence-corrected chi connectivity index (χ2v) is 5.09. The van der Waals surface area contributed by atoms with Gasteiger partial charge in [0.15, 0.2) is 0 Å². The van der Waals surface area contributed by atoms with Gasteiger partial charge in [-0.3, -0.25) is 9.69 Å². The molecule has 0 aliphatic carbocycles. The number of benzene rings is 1. The van der Waals surface area contributed by atoms with Crippen LogP contribution in [-0.2, 0) is 16.1 Å². The number of hydrogen-bond donors (Lipinski definition) is 2. The fraction of sp³-hybridized carbons (Fsp3) is 0.533. The van der Waals surface area contributed by atoms with Crippen molar-refractivity contribution in [2.45, 2.75) is 12.6 Å². The smallest absolute Gasteiger partial charge is 0.234 e. The summed E-state index contributed by atoms with van der Waals surface area (Å²) in [7, 11) is 1.63. The largest absolute Gasteiger partial charge is 0.497 e. The molecule has 1 fully saturated rings. The van der Waals surface area contributed by atoms with Crippen molar-refractivity contribution in [3.63, 3.8) is 0 Å². The molecule has 1 saturated heterocycles. The Hall–Kier alpha value is -1.34. The summed E-state index contributed by atoms with van der Waals surface area (Å²) in [4.78, 5) is 14.0. The van der Waals surface area contributed by atoms with E-state index in [9.17, 15) is 4.79 Å². The minimum absolute atomic E-state index is 0. The summed E-state index contributed by atoms with van der Waals surface area (Å²) < 4.78 is 10.6. The highest BCUT2D eigenvalue weighted by Crippen LogP contribution is 2.12. The lowest BCUT2D eigenvalue weighted by molar-refractivity contribution is -0.124. The molecule has 1 atom stereocenters. The highest BCUT2D eigenvalue weighted by Gasteiger charge is 2.20. The number of ether oxygens (including phenoxy) is 2. The van der Waals surface area contributed by atoms with Crippen molar-refractivity contribution in [2.24, 2.45) is 5.73 Å². The predicted octanol–water partition coefficient (Wildman–Crippen LogP) is 0.393. The number of morpholine rings is 1. The van der Waals surface area contributed by atoms with Crippen molar-refractivity contribution in [3.8, 4) is 5.75 Å². The van der Waals surface area contributed by atoms with Crippen LogP contribution in [0, 0.1) is 0 Å². The number of halogens is 1. The van der Waals surface area contributed by atoms with Gasteiger partial charge in [0.05, 0.1) is 26.4 Å². The van der Waals surface area contributed by atoms with Crippen molar-refractivity contribution in [1.82, 2.24) is 10.2 Å². The molecule has 1 aliphatic rings. The lowest BCUT2D eigenvalue weighted by atomic mass is 10.2. The molecule has 7 heteroatoms. The van der Waals surface area contributed by atoms with Crippen molar-refractivity contribution < 1.29 is 14.3 Å². The maximum atomic E-state index is 12.0. The van der Waals surface area contributed by atoms with E-state index in [0.29, 0.717) is 32.8 Å². The van der Waals surface area contributed by atoms with Crippen molar-refractivity contribution in [2.75, 3.05) is 39.9 Å². The number of nitrogens with two attached hydrogens (primary N) is 1. The maximum absolute atomic E-state index is 12.0. The van der Waals surface area contributed by atoms with Gasteiger partial charge in [-0.1, -0.05) is 12.1 Å². The Kier molecular flexibility index (Phi) is 8.19.